The number of amides is 1. The van der Waals surface area contributed by atoms with E-state index in [4.69, 9.17) is 0 Å². The summed E-state index contributed by atoms with van der Waals surface area (Å²) in [6.45, 7) is 3.40. The first-order valence-corrected chi connectivity index (χ1v) is 7.35. The molecule has 0 aliphatic carbocycles. The van der Waals surface area contributed by atoms with Crippen LogP contribution in [0.15, 0.2) is 30.5 Å². The highest BCUT2D eigenvalue weighted by atomic mass is 16.1. The Kier molecular flexibility index (Phi) is 3.90. The summed E-state index contributed by atoms with van der Waals surface area (Å²) in [5.41, 5.74) is 4.50. The van der Waals surface area contributed by atoms with Gasteiger partial charge in [0.15, 0.2) is 0 Å². The first kappa shape index (κ1) is 13.7. The van der Waals surface area contributed by atoms with E-state index < -0.39 is 0 Å². The average molecular weight is 284 g/mol. The Morgan fingerprint density at radius 1 is 1.43 bits per heavy atom. The maximum Gasteiger partial charge on any atom is 0.229 e. The van der Waals surface area contributed by atoms with Crippen LogP contribution in [0, 0.1) is 6.92 Å². The minimum absolute atomic E-state index is 0.0724. The highest BCUT2D eigenvalue weighted by molar-refractivity contribution is 5.88. The van der Waals surface area contributed by atoms with Crippen LogP contribution in [0.4, 0.5) is 5.69 Å². The number of rotatable bonds is 5. The van der Waals surface area contributed by atoms with E-state index in [9.17, 15) is 4.79 Å². The second-order valence-corrected chi connectivity index (χ2v) is 5.44. The molecule has 0 radical (unpaired) electrons. The van der Waals surface area contributed by atoms with Crippen LogP contribution in [0.5, 0.6) is 0 Å². The molecule has 5 nitrogen and oxygen atoms in total. The molecular formula is C16H20N4O. The molecule has 3 N–H and O–H groups in total. The summed E-state index contributed by atoms with van der Waals surface area (Å²) in [5, 5.41) is 13.2. The second kappa shape index (κ2) is 5.99. The van der Waals surface area contributed by atoms with Gasteiger partial charge >= 0.3 is 0 Å². The van der Waals surface area contributed by atoms with Crippen LogP contribution in [0.1, 0.15) is 29.2 Å². The number of anilines is 1. The Morgan fingerprint density at radius 2 is 2.29 bits per heavy atom. The normalized spacial score (nSPS) is 16.3. The van der Waals surface area contributed by atoms with Gasteiger partial charge in [-0.05, 0) is 37.0 Å². The van der Waals surface area contributed by atoms with Crippen LogP contribution in [0.3, 0.4) is 0 Å². The highest BCUT2D eigenvalue weighted by Gasteiger charge is 2.27. The predicted molar refractivity (Wildman–Crippen MR) is 82.3 cm³/mol. The fraction of sp³-hybridized carbons (Fsp3) is 0.375. The van der Waals surface area contributed by atoms with Gasteiger partial charge in [0.25, 0.3) is 0 Å². The van der Waals surface area contributed by atoms with E-state index in [0.29, 0.717) is 13.1 Å². The van der Waals surface area contributed by atoms with Crippen LogP contribution >= 0.6 is 0 Å². The summed E-state index contributed by atoms with van der Waals surface area (Å²) in [6.07, 6.45) is 3.71. The largest absolute Gasteiger partial charge is 0.384 e. The molecule has 3 rings (SSSR count). The Labute approximate surface area is 124 Å². The zero-order valence-electron chi connectivity index (χ0n) is 12.1. The van der Waals surface area contributed by atoms with E-state index in [-0.39, 0.29) is 11.8 Å². The molecule has 5 heteroatoms. The third-order valence-corrected chi connectivity index (χ3v) is 4.01. The minimum atomic E-state index is -0.0724. The first-order chi connectivity index (χ1) is 10.3. The van der Waals surface area contributed by atoms with Crippen molar-refractivity contribution in [2.45, 2.75) is 25.7 Å². The van der Waals surface area contributed by atoms with Crippen molar-refractivity contribution in [1.82, 2.24) is 15.5 Å². The summed E-state index contributed by atoms with van der Waals surface area (Å²) in [6, 6.07) is 8.01. The van der Waals surface area contributed by atoms with Gasteiger partial charge in [0.2, 0.25) is 5.91 Å². The molecule has 2 aromatic rings. The molecule has 1 amide bonds. The number of H-pyrrole nitrogens is 1. The number of carbonyl (C=O) groups excluding carboxylic acids is 1. The molecule has 1 aliphatic heterocycles. The lowest BCUT2D eigenvalue weighted by atomic mass is 10.0. The predicted octanol–water partition coefficient (Wildman–Crippen LogP) is 1.98. The Balaban J connectivity index is 1.48. The minimum Gasteiger partial charge on any atom is -0.384 e. The van der Waals surface area contributed by atoms with Gasteiger partial charge in [-0.25, -0.2) is 0 Å². The number of aromatic nitrogens is 2. The van der Waals surface area contributed by atoms with E-state index in [1.807, 2.05) is 37.4 Å². The van der Waals surface area contributed by atoms with E-state index >= 15 is 0 Å². The third kappa shape index (κ3) is 2.91. The van der Waals surface area contributed by atoms with Crippen molar-refractivity contribution in [2.75, 3.05) is 18.4 Å². The second-order valence-electron chi connectivity index (χ2n) is 5.44. The first-order valence-electron chi connectivity index (χ1n) is 7.35. The summed E-state index contributed by atoms with van der Waals surface area (Å²) < 4.78 is 0. The zero-order valence-corrected chi connectivity index (χ0v) is 12.1. The average Bonchev–Trinajstić information content (AvgIpc) is 3.10. The van der Waals surface area contributed by atoms with Crippen LogP contribution in [-0.4, -0.2) is 29.2 Å². The molecule has 0 saturated carbocycles. The van der Waals surface area contributed by atoms with Gasteiger partial charge in [-0.1, -0.05) is 18.2 Å². The molecule has 0 bridgehead atoms. The molecule has 0 saturated heterocycles. The number of carbonyl (C=O) groups is 1. The van der Waals surface area contributed by atoms with E-state index in [1.54, 1.807) is 0 Å². The van der Waals surface area contributed by atoms with Crippen LogP contribution < -0.4 is 10.6 Å². The molecule has 110 valence electrons. The lowest BCUT2D eigenvalue weighted by molar-refractivity contribution is -0.122. The third-order valence-electron chi connectivity index (χ3n) is 4.01. The van der Waals surface area contributed by atoms with Gasteiger partial charge < -0.3 is 10.6 Å². The van der Waals surface area contributed by atoms with E-state index in [1.165, 1.54) is 5.56 Å². The van der Waals surface area contributed by atoms with Gasteiger partial charge in [0.1, 0.15) is 0 Å². The maximum absolute atomic E-state index is 12.3. The Morgan fingerprint density at radius 3 is 3.10 bits per heavy atom. The Hall–Kier alpha value is -2.30. The van der Waals surface area contributed by atoms with Crippen molar-refractivity contribution in [1.29, 1.82) is 0 Å². The van der Waals surface area contributed by atoms with Crippen LogP contribution in [0.2, 0.25) is 0 Å². The van der Waals surface area contributed by atoms with Crippen molar-refractivity contribution < 1.29 is 4.79 Å². The summed E-state index contributed by atoms with van der Waals surface area (Å²) >= 11 is 0. The molecule has 1 atom stereocenters. The Bertz CT molecular complexity index is 635. The SMILES string of the molecule is Cc1[nH]ncc1CCCNC(=O)C1CNc2ccccc21. The number of benzene rings is 1. The van der Waals surface area contributed by atoms with Gasteiger partial charge in [-0.15, -0.1) is 0 Å². The molecule has 1 unspecified atom stereocenters. The molecule has 0 spiro atoms. The summed E-state index contributed by atoms with van der Waals surface area (Å²) in [5.74, 6) is 0.0354. The molecule has 1 aliphatic rings. The number of hydrogen-bond acceptors (Lipinski definition) is 3. The number of fused-ring (bicyclic) bond motifs is 1. The van der Waals surface area contributed by atoms with Crippen molar-refractivity contribution >= 4 is 11.6 Å². The lowest BCUT2D eigenvalue weighted by Crippen LogP contribution is -2.31. The zero-order chi connectivity index (χ0) is 14.7. The van der Waals surface area contributed by atoms with Crippen molar-refractivity contribution in [2.24, 2.45) is 0 Å². The number of nitrogens with one attached hydrogen (secondary N) is 3. The molecule has 21 heavy (non-hydrogen) atoms. The molecule has 2 heterocycles. The molecular weight excluding hydrogens is 264 g/mol. The quantitative estimate of drug-likeness (QED) is 0.735. The molecule has 1 aromatic heterocycles. The van der Waals surface area contributed by atoms with E-state index in [0.717, 1.165) is 29.8 Å². The van der Waals surface area contributed by atoms with Crippen molar-refractivity contribution in [3.8, 4) is 0 Å². The smallest absolute Gasteiger partial charge is 0.229 e. The topological polar surface area (TPSA) is 69.8 Å². The number of hydrogen-bond donors (Lipinski definition) is 3. The fourth-order valence-electron chi connectivity index (χ4n) is 2.76. The van der Waals surface area contributed by atoms with Crippen molar-refractivity contribution in [3.63, 3.8) is 0 Å². The summed E-state index contributed by atoms with van der Waals surface area (Å²) in [4.78, 5) is 12.3. The summed E-state index contributed by atoms with van der Waals surface area (Å²) in [7, 11) is 0. The number of para-hydroxylation sites is 1. The highest BCUT2D eigenvalue weighted by Crippen LogP contribution is 2.30. The van der Waals surface area contributed by atoms with Crippen LogP contribution in [0.25, 0.3) is 0 Å². The van der Waals surface area contributed by atoms with Gasteiger partial charge in [0, 0.05) is 24.5 Å². The van der Waals surface area contributed by atoms with Gasteiger partial charge in [0.05, 0.1) is 12.1 Å². The number of nitrogens with zero attached hydrogens (tertiary/aromatic N) is 1. The van der Waals surface area contributed by atoms with Gasteiger partial charge in [-0.2, -0.15) is 5.10 Å². The number of aryl methyl sites for hydroxylation is 2. The fourth-order valence-corrected chi connectivity index (χ4v) is 2.76. The van der Waals surface area contributed by atoms with Crippen LogP contribution in [-0.2, 0) is 11.2 Å². The van der Waals surface area contributed by atoms with Crippen molar-refractivity contribution in [3.05, 3.63) is 47.3 Å². The van der Waals surface area contributed by atoms with Gasteiger partial charge in [-0.3, -0.25) is 9.89 Å². The molecule has 1 aromatic carbocycles. The number of aromatic amines is 1. The lowest BCUT2D eigenvalue weighted by Gasteiger charge is -2.11. The standard InChI is InChI=1S/C16H20N4O/c1-11-12(9-19-20-11)5-4-8-17-16(21)14-10-18-15-7-3-2-6-13(14)15/h2-3,6-7,9,14,18H,4-5,8,10H2,1H3,(H,17,21)(H,19,20). The maximum atomic E-state index is 12.3. The van der Waals surface area contributed by atoms with E-state index in [2.05, 4.69) is 20.8 Å². The molecule has 0 fully saturated rings. The monoisotopic (exact) mass is 284 g/mol.